The van der Waals surface area contributed by atoms with Gasteiger partial charge >= 0.3 is 0 Å². The highest BCUT2D eigenvalue weighted by Crippen LogP contribution is 2.31. The first kappa shape index (κ1) is 101. The van der Waals surface area contributed by atoms with Crippen molar-refractivity contribution in [2.45, 2.75) is 271 Å². The lowest BCUT2D eigenvalue weighted by atomic mass is 9.87. The first-order valence-corrected chi connectivity index (χ1v) is 43.9. The van der Waals surface area contributed by atoms with Crippen LogP contribution in [0.15, 0.2) is 98.6 Å². The van der Waals surface area contributed by atoms with E-state index in [4.69, 9.17) is 23.2 Å². The summed E-state index contributed by atoms with van der Waals surface area (Å²) in [5.41, 5.74) is 0.996. The van der Waals surface area contributed by atoms with Crippen molar-refractivity contribution in [1.29, 1.82) is 0 Å². The lowest BCUT2D eigenvalue weighted by Gasteiger charge is -2.42. The Morgan fingerprint density at radius 2 is 0.754 bits per heavy atom. The molecule has 12 rings (SSSR count). The van der Waals surface area contributed by atoms with Gasteiger partial charge in [-0.3, -0.25) is 43.7 Å². The van der Waals surface area contributed by atoms with Gasteiger partial charge in [0.05, 0.1) is 63.4 Å². The van der Waals surface area contributed by atoms with E-state index in [1.54, 1.807) is 56.2 Å². The number of aliphatic hydroxyl groups excluding tert-OH is 2. The third-order valence-corrected chi connectivity index (χ3v) is 25.4. The molecular formula is C90H136Cl2F2N20O8. The van der Waals surface area contributed by atoms with Crippen LogP contribution < -0.4 is 31.9 Å². The average Bonchev–Trinajstić information content (AvgIpc) is 0.822. The Morgan fingerprint density at radius 3 is 1.13 bits per heavy atom. The summed E-state index contributed by atoms with van der Waals surface area (Å²) in [7, 11) is 0. The van der Waals surface area contributed by atoms with Gasteiger partial charge in [0.1, 0.15) is 17.7 Å². The second kappa shape index (κ2) is 46.6. The number of pyridine rings is 4. The summed E-state index contributed by atoms with van der Waals surface area (Å²) >= 11 is 12.0. The molecule has 28 nitrogen and oxygen atoms in total. The molecule has 6 aliphatic heterocycles. The Hall–Kier alpha value is -8.30. The van der Waals surface area contributed by atoms with Crippen molar-refractivity contribution >= 4 is 58.6 Å². The largest absolute Gasteiger partial charge is 0.394 e. The molecule has 6 amide bonds. The maximum Gasteiger partial charge on any atom is 0.273 e. The molecule has 0 atom stereocenters. The molecular weight excluding hydrogens is 1600 g/mol. The van der Waals surface area contributed by atoms with E-state index in [0.29, 0.717) is 81.7 Å². The van der Waals surface area contributed by atoms with Gasteiger partial charge in [-0.15, -0.1) is 0 Å². The SMILES string of the molecule is CC(C)N1CCC(C)(NC(=O)c2cnccn2)CC1.CC(C)N1CCC(C)(NC(=O)c2cncnc2)CC1.CC(C)N1CCC(CO)(NC(=O)c2ncccc2Cl)CC1.CC(C)N1CCC(CO)(NC(=O)c2ncccc2F)CC1.Cc1c(Cl)cncc1C(=O)NC1(C)CCN(C(C)C)CC1.Cc1cc(C(=O)NC2(C)CCN(C(C)C)CC2)c(F)cn1. The number of aryl methyl sites for hydroxylation is 1. The zero-order chi connectivity index (χ0) is 89.9. The number of nitrogens with one attached hydrogen (secondary N) is 6. The first-order valence-electron chi connectivity index (χ1n) is 43.1. The summed E-state index contributed by atoms with van der Waals surface area (Å²) in [6.07, 6.45) is 26.6. The third kappa shape index (κ3) is 30.3. The number of rotatable bonds is 20. The fourth-order valence-corrected chi connectivity index (χ4v) is 15.9. The summed E-state index contributed by atoms with van der Waals surface area (Å²) in [5.74, 6) is -2.76. The van der Waals surface area contributed by atoms with Crippen LogP contribution in [-0.2, 0) is 0 Å². The minimum absolute atomic E-state index is 0.0743. The van der Waals surface area contributed by atoms with E-state index in [1.807, 2.05) is 13.8 Å². The molecule has 0 spiro atoms. The summed E-state index contributed by atoms with van der Waals surface area (Å²) in [6.45, 7) is 49.2. The van der Waals surface area contributed by atoms with Crippen LogP contribution in [0.4, 0.5) is 8.78 Å². The highest BCUT2D eigenvalue weighted by atomic mass is 35.5. The zero-order valence-corrected chi connectivity index (χ0v) is 76.7. The Morgan fingerprint density at radius 1 is 0.385 bits per heavy atom. The molecule has 0 bridgehead atoms. The number of nitrogens with zero attached hydrogens (tertiary/aromatic N) is 14. The minimum Gasteiger partial charge on any atom is -0.394 e. The Kier molecular flexibility index (Phi) is 38.5. The predicted molar refractivity (Wildman–Crippen MR) is 474 cm³/mol. The van der Waals surface area contributed by atoms with Gasteiger partial charge in [-0.1, -0.05) is 23.2 Å². The number of carbonyl (C=O) groups excluding carboxylic acids is 6. The molecule has 122 heavy (non-hydrogen) atoms. The van der Waals surface area contributed by atoms with Crippen molar-refractivity contribution in [2.24, 2.45) is 0 Å². The number of likely N-dealkylation sites (tertiary alicyclic amines) is 6. The lowest BCUT2D eigenvalue weighted by Crippen LogP contribution is -2.58. The Bertz CT molecular complexity index is 4080. The van der Waals surface area contributed by atoms with Gasteiger partial charge in [-0.05, 0) is 238 Å². The van der Waals surface area contributed by atoms with Gasteiger partial charge in [-0.25, -0.2) is 33.7 Å². The van der Waals surface area contributed by atoms with Crippen LogP contribution in [-0.4, -0.2) is 276 Å². The highest BCUT2D eigenvalue weighted by molar-refractivity contribution is 6.33. The first-order chi connectivity index (χ1) is 57.6. The number of aliphatic hydroxyl groups is 2. The topological polar surface area (TPSA) is 338 Å². The Labute approximate surface area is 731 Å². The second-order valence-corrected chi connectivity index (χ2v) is 36.9. The number of carbonyl (C=O) groups is 6. The fourth-order valence-electron chi connectivity index (χ4n) is 15.6. The third-order valence-electron chi connectivity index (χ3n) is 24.7. The number of hydrogen-bond acceptors (Lipinski definition) is 22. The molecule has 672 valence electrons. The smallest absolute Gasteiger partial charge is 0.273 e. The summed E-state index contributed by atoms with van der Waals surface area (Å²) in [6, 6.07) is 10.6. The van der Waals surface area contributed by atoms with Crippen molar-refractivity contribution in [2.75, 3.05) is 91.8 Å². The molecule has 32 heteroatoms. The average molecular weight is 1740 g/mol. The highest BCUT2D eigenvalue weighted by Gasteiger charge is 2.41. The molecule has 0 unspecified atom stereocenters. The van der Waals surface area contributed by atoms with Crippen LogP contribution in [0.2, 0.25) is 10.0 Å². The molecule has 6 aromatic heterocycles. The fraction of sp³-hybridized carbons (Fsp3) is 0.622. The molecule has 0 aliphatic carbocycles. The second-order valence-electron chi connectivity index (χ2n) is 36.1. The molecule has 6 aromatic rings. The van der Waals surface area contributed by atoms with E-state index in [9.17, 15) is 47.8 Å². The molecule has 0 radical (unpaired) electrons. The van der Waals surface area contributed by atoms with E-state index < -0.39 is 28.6 Å². The van der Waals surface area contributed by atoms with E-state index in [1.165, 1.54) is 43.1 Å². The summed E-state index contributed by atoms with van der Waals surface area (Å²) in [4.78, 5) is 119. The number of halogens is 4. The quantitative estimate of drug-likeness (QED) is 0.0352. The predicted octanol–water partition coefficient (Wildman–Crippen LogP) is 11.4. The molecule has 6 fully saturated rings. The number of hydrogen-bond donors (Lipinski definition) is 8. The van der Waals surface area contributed by atoms with E-state index in [-0.39, 0.29) is 81.9 Å². The van der Waals surface area contributed by atoms with Gasteiger partial charge in [0, 0.05) is 192 Å². The van der Waals surface area contributed by atoms with Crippen LogP contribution in [0.1, 0.15) is 262 Å². The maximum atomic E-state index is 13.7. The summed E-state index contributed by atoms with van der Waals surface area (Å²) < 4.78 is 27.3. The minimum atomic E-state index is -0.688. The number of amides is 6. The van der Waals surface area contributed by atoms with E-state index >= 15 is 0 Å². The molecule has 6 saturated heterocycles. The van der Waals surface area contributed by atoms with E-state index in [0.717, 1.165) is 155 Å². The standard InChI is InChI=1S/C16H24ClN3O.C16H24FN3O.C15H22ClN3O2.C15H22FN3O2.2C14H22N4O/c1-11(2)20-7-5-16(4,6-8-20)19-15(21)13-9-18-10-14(17)12(13)3;1-11(2)20-7-5-16(4,6-8-20)19-15(21)13-9-12(3)18-10-14(13)17;2*1-11(2)19-8-5-15(10-20,6-9-19)18-14(21)13-12(16)4-3-7-17-13;1-11(2)18-8-4-14(3,5-9-18)17-13(19)12-10-15-6-7-16-12;1-11(2)18-6-4-14(3,5-7-18)17-13(19)12-8-15-10-16-9-12/h2*9-11H,5-8H2,1-4H3,(H,19,21);2*3-4,7,11,20H,5-6,8-10H2,1-2H3,(H,18,21);6-7,10-11H,4-5,8-9H2,1-3H3,(H,17,19);8-11H,4-7H2,1-3H3,(H,17,19). The van der Waals surface area contributed by atoms with Crippen molar-refractivity contribution in [3.05, 3.63) is 165 Å². The Balaban J connectivity index is 0.000000202. The van der Waals surface area contributed by atoms with Gasteiger partial charge in [0.15, 0.2) is 17.3 Å². The van der Waals surface area contributed by atoms with Gasteiger partial charge in [0.2, 0.25) is 0 Å². The monoisotopic (exact) mass is 1730 g/mol. The van der Waals surface area contributed by atoms with Crippen molar-refractivity contribution in [3.63, 3.8) is 0 Å². The zero-order valence-electron chi connectivity index (χ0n) is 75.2. The summed E-state index contributed by atoms with van der Waals surface area (Å²) in [5, 5.41) is 38.4. The molecule has 0 aromatic carbocycles. The van der Waals surface area contributed by atoms with Crippen molar-refractivity contribution < 1.29 is 47.8 Å². The number of piperidine rings is 6. The van der Waals surface area contributed by atoms with Crippen LogP contribution >= 0.6 is 23.2 Å². The molecule has 6 aliphatic rings. The molecule has 0 saturated carbocycles. The van der Waals surface area contributed by atoms with Crippen molar-refractivity contribution in [1.82, 2.24) is 101 Å². The molecule has 8 N–H and O–H groups in total. The maximum absolute atomic E-state index is 13.7. The van der Waals surface area contributed by atoms with Gasteiger partial charge in [0.25, 0.3) is 35.4 Å². The van der Waals surface area contributed by atoms with Crippen LogP contribution in [0.25, 0.3) is 0 Å². The molecule has 12 heterocycles. The van der Waals surface area contributed by atoms with E-state index in [2.05, 4.69) is 205 Å². The van der Waals surface area contributed by atoms with Crippen LogP contribution in [0, 0.1) is 25.5 Å². The van der Waals surface area contributed by atoms with Gasteiger partial charge < -0.3 is 71.5 Å². The van der Waals surface area contributed by atoms with Crippen molar-refractivity contribution in [3.8, 4) is 0 Å². The van der Waals surface area contributed by atoms with Gasteiger partial charge in [-0.2, -0.15) is 0 Å². The van der Waals surface area contributed by atoms with Crippen LogP contribution in [0.3, 0.4) is 0 Å². The lowest BCUT2D eigenvalue weighted by molar-refractivity contribution is 0.0539. The number of aromatic nitrogens is 8. The normalized spacial score (nSPS) is 18.9. The van der Waals surface area contributed by atoms with Crippen LogP contribution in [0.5, 0.6) is 0 Å².